The number of rotatable bonds is 5. The van der Waals surface area contributed by atoms with Gasteiger partial charge in [0.15, 0.2) is 5.01 Å². The Kier molecular flexibility index (Phi) is 4.73. The molecule has 0 spiro atoms. The molecule has 0 fully saturated rings. The van der Waals surface area contributed by atoms with E-state index in [1.54, 1.807) is 7.05 Å². The molecule has 2 aromatic rings. The predicted molar refractivity (Wildman–Crippen MR) is 79.6 cm³/mol. The van der Waals surface area contributed by atoms with E-state index in [1.807, 2.05) is 0 Å². The maximum absolute atomic E-state index is 11.0. The molecular formula is C10H8BrClN4O3S. The molecule has 0 aliphatic carbocycles. The van der Waals surface area contributed by atoms with Crippen LogP contribution in [0.25, 0.3) is 0 Å². The highest BCUT2D eigenvalue weighted by atomic mass is 79.9. The minimum atomic E-state index is -0.550. The Morgan fingerprint density at radius 2 is 2.30 bits per heavy atom. The Morgan fingerprint density at radius 1 is 1.55 bits per heavy atom. The first-order valence-corrected chi connectivity index (χ1v) is 7.26. The molecule has 0 saturated heterocycles. The second-order valence-corrected chi connectivity index (χ2v) is 5.89. The van der Waals surface area contributed by atoms with Crippen molar-refractivity contribution in [3.63, 3.8) is 0 Å². The molecule has 1 N–H and O–H groups in total. The fourth-order valence-corrected chi connectivity index (χ4v) is 2.89. The van der Waals surface area contributed by atoms with E-state index in [1.165, 1.54) is 23.5 Å². The monoisotopic (exact) mass is 378 g/mol. The van der Waals surface area contributed by atoms with E-state index in [2.05, 4.69) is 31.4 Å². The lowest BCUT2D eigenvalue weighted by Gasteiger charge is -2.07. The van der Waals surface area contributed by atoms with Crippen molar-refractivity contribution in [2.24, 2.45) is 0 Å². The lowest BCUT2D eigenvalue weighted by molar-refractivity contribution is -0.386. The van der Waals surface area contributed by atoms with Crippen LogP contribution in [0.5, 0.6) is 5.75 Å². The topological polar surface area (TPSA) is 90.2 Å². The summed E-state index contributed by atoms with van der Waals surface area (Å²) in [6.07, 6.45) is 0. The largest absolute Gasteiger partial charge is 0.479 e. The molecule has 7 nitrogen and oxygen atoms in total. The molecule has 0 amide bonds. The number of nitro benzene ring substituents is 1. The van der Waals surface area contributed by atoms with Crippen LogP contribution < -0.4 is 10.1 Å². The highest BCUT2D eigenvalue weighted by molar-refractivity contribution is 9.10. The number of halogens is 2. The van der Waals surface area contributed by atoms with Crippen molar-refractivity contribution in [2.45, 2.75) is 6.61 Å². The molecule has 0 saturated carbocycles. The molecule has 0 aliphatic heterocycles. The zero-order chi connectivity index (χ0) is 14.7. The average Bonchev–Trinajstić information content (AvgIpc) is 2.84. The van der Waals surface area contributed by atoms with Crippen molar-refractivity contribution in [3.8, 4) is 5.75 Å². The standard InChI is InChI=1S/C10H8BrClN4O3S/c1-13-10-15-14-8(20-10)4-19-9-6(11)2-5(12)3-7(9)16(17)18/h2-3H,4H2,1H3,(H,13,15). The first-order valence-electron chi connectivity index (χ1n) is 5.27. The van der Waals surface area contributed by atoms with Crippen LogP contribution >= 0.6 is 38.9 Å². The Balaban J connectivity index is 2.22. The number of nitrogens with one attached hydrogen (secondary N) is 1. The van der Waals surface area contributed by atoms with Gasteiger partial charge in [0.25, 0.3) is 0 Å². The minimum Gasteiger partial charge on any atom is -0.479 e. The second-order valence-electron chi connectivity index (χ2n) is 3.53. The average molecular weight is 380 g/mol. The van der Waals surface area contributed by atoms with Crippen LogP contribution in [0.15, 0.2) is 16.6 Å². The highest BCUT2D eigenvalue weighted by Crippen LogP contribution is 2.38. The third-order valence-electron chi connectivity index (χ3n) is 2.21. The van der Waals surface area contributed by atoms with Gasteiger partial charge < -0.3 is 10.1 Å². The molecule has 0 atom stereocenters. The van der Waals surface area contributed by atoms with Crippen LogP contribution in [0, 0.1) is 10.1 Å². The van der Waals surface area contributed by atoms with Crippen molar-refractivity contribution >= 4 is 49.7 Å². The third kappa shape index (κ3) is 3.35. The number of benzene rings is 1. The van der Waals surface area contributed by atoms with Gasteiger partial charge in [-0.25, -0.2) is 0 Å². The van der Waals surface area contributed by atoms with E-state index in [9.17, 15) is 10.1 Å². The van der Waals surface area contributed by atoms with Crippen molar-refractivity contribution in [1.29, 1.82) is 0 Å². The van der Waals surface area contributed by atoms with Gasteiger partial charge >= 0.3 is 5.69 Å². The first kappa shape index (κ1) is 14.9. The Labute approximate surface area is 131 Å². The third-order valence-corrected chi connectivity index (χ3v) is 3.93. The van der Waals surface area contributed by atoms with Gasteiger partial charge in [-0.3, -0.25) is 10.1 Å². The van der Waals surface area contributed by atoms with Crippen molar-refractivity contribution in [2.75, 3.05) is 12.4 Å². The van der Waals surface area contributed by atoms with Crippen LogP contribution in [0.2, 0.25) is 5.02 Å². The number of hydrogen-bond donors (Lipinski definition) is 1. The molecule has 20 heavy (non-hydrogen) atoms. The minimum absolute atomic E-state index is 0.0837. The summed E-state index contributed by atoms with van der Waals surface area (Å²) in [6, 6.07) is 2.77. The van der Waals surface area contributed by atoms with E-state index in [0.717, 1.165) is 0 Å². The number of nitro groups is 1. The van der Waals surface area contributed by atoms with Gasteiger partial charge in [0.05, 0.1) is 9.40 Å². The van der Waals surface area contributed by atoms with Gasteiger partial charge in [-0.2, -0.15) is 0 Å². The molecular weight excluding hydrogens is 372 g/mol. The SMILES string of the molecule is CNc1nnc(COc2c(Br)cc(Cl)cc2[N+](=O)[O-])s1. The van der Waals surface area contributed by atoms with Crippen LogP contribution in [-0.4, -0.2) is 22.2 Å². The fraction of sp³-hybridized carbons (Fsp3) is 0.200. The Bertz CT molecular complexity index is 651. The lowest BCUT2D eigenvalue weighted by Crippen LogP contribution is -2.00. The molecule has 0 unspecified atom stereocenters. The first-order chi connectivity index (χ1) is 9.51. The molecule has 0 bridgehead atoms. The summed E-state index contributed by atoms with van der Waals surface area (Å²) in [5.41, 5.74) is -0.206. The summed E-state index contributed by atoms with van der Waals surface area (Å²) in [4.78, 5) is 10.4. The van der Waals surface area contributed by atoms with Crippen LogP contribution in [0.4, 0.5) is 10.8 Å². The predicted octanol–water partition coefficient (Wildman–Crippen LogP) is 3.48. The van der Waals surface area contributed by atoms with E-state index in [0.29, 0.717) is 14.6 Å². The number of hydrogen-bond acceptors (Lipinski definition) is 7. The number of anilines is 1. The van der Waals surface area contributed by atoms with Crippen molar-refractivity contribution in [3.05, 3.63) is 36.8 Å². The van der Waals surface area contributed by atoms with E-state index in [4.69, 9.17) is 16.3 Å². The van der Waals surface area contributed by atoms with E-state index < -0.39 is 4.92 Å². The van der Waals surface area contributed by atoms with Gasteiger partial charge in [-0.15, -0.1) is 10.2 Å². The van der Waals surface area contributed by atoms with Crippen LogP contribution in [0.3, 0.4) is 0 Å². The number of nitrogens with zero attached hydrogens (tertiary/aromatic N) is 3. The summed E-state index contributed by atoms with van der Waals surface area (Å²) >= 11 is 10.3. The van der Waals surface area contributed by atoms with E-state index in [-0.39, 0.29) is 23.1 Å². The Morgan fingerprint density at radius 3 is 2.90 bits per heavy atom. The van der Waals surface area contributed by atoms with Gasteiger partial charge in [0, 0.05) is 18.1 Å². The summed E-state index contributed by atoms with van der Waals surface area (Å²) in [5.74, 6) is 0.112. The van der Waals surface area contributed by atoms with Gasteiger partial charge in [-0.05, 0) is 22.0 Å². The summed E-state index contributed by atoms with van der Waals surface area (Å²) in [6.45, 7) is 0.0837. The maximum atomic E-state index is 11.0. The number of ether oxygens (including phenoxy) is 1. The fourth-order valence-electron chi connectivity index (χ4n) is 1.37. The molecule has 10 heteroatoms. The lowest BCUT2D eigenvalue weighted by atomic mass is 10.3. The molecule has 1 heterocycles. The van der Waals surface area contributed by atoms with Crippen molar-refractivity contribution in [1.82, 2.24) is 10.2 Å². The second kappa shape index (κ2) is 6.33. The quantitative estimate of drug-likeness (QED) is 0.632. The smallest absolute Gasteiger partial charge is 0.313 e. The molecule has 1 aromatic carbocycles. The van der Waals surface area contributed by atoms with E-state index >= 15 is 0 Å². The van der Waals surface area contributed by atoms with Crippen LogP contribution in [-0.2, 0) is 6.61 Å². The molecule has 0 aliphatic rings. The normalized spacial score (nSPS) is 10.3. The zero-order valence-electron chi connectivity index (χ0n) is 10.1. The molecule has 2 rings (SSSR count). The molecule has 106 valence electrons. The van der Waals surface area contributed by atoms with Gasteiger partial charge in [-0.1, -0.05) is 22.9 Å². The summed E-state index contributed by atoms with van der Waals surface area (Å²) in [7, 11) is 1.73. The molecule has 1 aromatic heterocycles. The summed E-state index contributed by atoms with van der Waals surface area (Å²) in [5, 5.41) is 23.1. The molecule has 0 radical (unpaired) electrons. The zero-order valence-corrected chi connectivity index (χ0v) is 13.3. The highest BCUT2D eigenvalue weighted by Gasteiger charge is 2.20. The van der Waals surface area contributed by atoms with Crippen LogP contribution in [0.1, 0.15) is 5.01 Å². The van der Waals surface area contributed by atoms with Gasteiger partial charge in [0.2, 0.25) is 10.9 Å². The van der Waals surface area contributed by atoms with Crippen molar-refractivity contribution < 1.29 is 9.66 Å². The Hall–Kier alpha value is -1.45. The number of aromatic nitrogens is 2. The van der Waals surface area contributed by atoms with Gasteiger partial charge in [0.1, 0.15) is 6.61 Å². The summed E-state index contributed by atoms with van der Waals surface area (Å²) < 4.78 is 5.87. The maximum Gasteiger partial charge on any atom is 0.313 e.